The van der Waals surface area contributed by atoms with Gasteiger partial charge in [-0.2, -0.15) is 0 Å². The number of nitrogens with zero attached hydrogens (tertiary/aromatic N) is 1. The molecule has 0 bridgehead atoms. The molecule has 1 aliphatic heterocycles. The molecule has 1 aromatic rings. The first-order valence-corrected chi connectivity index (χ1v) is 7.55. The number of nitrogens with two attached hydrogens (primary N) is 1. The van der Waals surface area contributed by atoms with Gasteiger partial charge in [0.2, 0.25) is 5.91 Å². The number of carbonyl (C=O) groups excluding carboxylic acids is 1. The smallest absolute Gasteiger partial charge is 0.225 e. The normalized spacial score (nSPS) is 25.3. The van der Waals surface area contributed by atoms with Crippen molar-refractivity contribution >= 4 is 11.6 Å². The lowest BCUT2D eigenvalue weighted by Gasteiger charge is -2.23. The fraction of sp³-hybridized carbons (Fsp3) is 0.562. The molecule has 1 heterocycles. The van der Waals surface area contributed by atoms with Crippen LogP contribution in [0.2, 0.25) is 0 Å². The van der Waals surface area contributed by atoms with Crippen molar-refractivity contribution in [3.05, 3.63) is 29.6 Å². The maximum absolute atomic E-state index is 14.3. The molecular weight excluding hydrogens is 269 g/mol. The van der Waals surface area contributed by atoms with Crippen LogP contribution in [0, 0.1) is 11.2 Å². The average molecular weight is 291 g/mol. The molecule has 4 nitrogen and oxygen atoms in total. The number of hydrogen-bond acceptors (Lipinski definition) is 3. The van der Waals surface area contributed by atoms with Gasteiger partial charge in [0.25, 0.3) is 0 Å². The van der Waals surface area contributed by atoms with E-state index in [1.165, 1.54) is 12.8 Å². The Morgan fingerprint density at radius 3 is 2.86 bits per heavy atom. The number of benzene rings is 1. The van der Waals surface area contributed by atoms with E-state index in [0.29, 0.717) is 37.8 Å². The zero-order chi connectivity index (χ0) is 15.0. The molecule has 3 rings (SSSR count). The molecule has 1 saturated heterocycles. The molecule has 2 aliphatic rings. The quantitative estimate of drug-likeness (QED) is 0.869. The van der Waals surface area contributed by atoms with Crippen molar-refractivity contribution in [2.45, 2.75) is 38.8 Å². The second kappa shape index (κ2) is 5.30. The SMILES string of the molecule is CC1(C(N)=O)CCN(c2ccc(CNC3CC3)cc2F)C1. The summed E-state index contributed by atoms with van der Waals surface area (Å²) in [5.74, 6) is -0.533. The molecule has 5 heteroatoms. The molecule has 0 aromatic heterocycles. The van der Waals surface area contributed by atoms with Gasteiger partial charge in [-0.1, -0.05) is 6.07 Å². The molecule has 1 atom stereocenters. The van der Waals surface area contributed by atoms with E-state index < -0.39 is 5.41 Å². The van der Waals surface area contributed by atoms with E-state index in [0.717, 1.165) is 5.56 Å². The van der Waals surface area contributed by atoms with E-state index in [1.807, 2.05) is 24.0 Å². The highest BCUT2D eigenvalue weighted by Crippen LogP contribution is 2.34. The van der Waals surface area contributed by atoms with Gasteiger partial charge in [0.05, 0.1) is 11.1 Å². The van der Waals surface area contributed by atoms with Crippen LogP contribution in [0.5, 0.6) is 0 Å². The highest BCUT2D eigenvalue weighted by Gasteiger charge is 2.39. The van der Waals surface area contributed by atoms with Gasteiger partial charge in [-0.3, -0.25) is 4.79 Å². The third kappa shape index (κ3) is 3.02. The number of amides is 1. The van der Waals surface area contributed by atoms with Crippen LogP contribution in [0.25, 0.3) is 0 Å². The summed E-state index contributed by atoms with van der Waals surface area (Å²) in [5, 5.41) is 3.38. The minimum atomic E-state index is -0.557. The molecule has 1 saturated carbocycles. The Morgan fingerprint density at radius 1 is 1.52 bits per heavy atom. The standard InChI is InChI=1S/C16H22FN3O/c1-16(15(18)21)6-7-20(10-16)14-5-2-11(8-13(14)17)9-19-12-3-4-12/h2,5,8,12,19H,3-4,6-7,9-10H2,1H3,(H2,18,21). The van der Waals surface area contributed by atoms with Crippen molar-refractivity contribution in [2.75, 3.05) is 18.0 Å². The Bertz CT molecular complexity index is 558. The molecule has 1 aromatic carbocycles. The zero-order valence-corrected chi connectivity index (χ0v) is 12.4. The number of anilines is 1. The first kappa shape index (κ1) is 14.3. The summed E-state index contributed by atoms with van der Waals surface area (Å²) >= 11 is 0. The molecular formula is C16H22FN3O. The topological polar surface area (TPSA) is 58.4 Å². The van der Waals surface area contributed by atoms with Crippen molar-refractivity contribution in [1.29, 1.82) is 0 Å². The third-order valence-corrected chi connectivity index (χ3v) is 4.59. The Balaban J connectivity index is 1.69. The van der Waals surface area contributed by atoms with Crippen molar-refractivity contribution < 1.29 is 9.18 Å². The maximum Gasteiger partial charge on any atom is 0.225 e. The van der Waals surface area contributed by atoms with Crippen LogP contribution in [-0.2, 0) is 11.3 Å². The van der Waals surface area contributed by atoms with Gasteiger partial charge in [-0.05, 0) is 43.9 Å². The molecule has 0 radical (unpaired) electrons. The third-order valence-electron chi connectivity index (χ3n) is 4.59. The van der Waals surface area contributed by atoms with E-state index in [1.54, 1.807) is 6.07 Å². The van der Waals surface area contributed by atoms with Crippen LogP contribution in [-0.4, -0.2) is 25.0 Å². The predicted octanol–water partition coefficient (Wildman–Crippen LogP) is 1.78. The monoisotopic (exact) mass is 291 g/mol. The number of hydrogen-bond donors (Lipinski definition) is 2. The second-order valence-electron chi connectivity index (χ2n) is 6.54. The number of rotatable bonds is 5. The van der Waals surface area contributed by atoms with Gasteiger partial charge in [-0.15, -0.1) is 0 Å². The highest BCUT2D eigenvalue weighted by molar-refractivity contribution is 5.82. The summed E-state index contributed by atoms with van der Waals surface area (Å²) in [6, 6.07) is 5.97. The molecule has 1 aliphatic carbocycles. The fourth-order valence-electron chi connectivity index (χ4n) is 2.83. The summed E-state index contributed by atoms with van der Waals surface area (Å²) < 4.78 is 14.3. The Kier molecular flexibility index (Phi) is 3.61. The fourth-order valence-corrected chi connectivity index (χ4v) is 2.83. The van der Waals surface area contributed by atoms with E-state index in [9.17, 15) is 9.18 Å². The van der Waals surface area contributed by atoms with Gasteiger partial charge in [-0.25, -0.2) is 4.39 Å². The van der Waals surface area contributed by atoms with E-state index >= 15 is 0 Å². The summed E-state index contributed by atoms with van der Waals surface area (Å²) in [4.78, 5) is 13.4. The van der Waals surface area contributed by atoms with Crippen LogP contribution >= 0.6 is 0 Å². The van der Waals surface area contributed by atoms with Gasteiger partial charge in [0, 0.05) is 25.7 Å². The Labute approximate surface area is 124 Å². The minimum Gasteiger partial charge on any atom is -0.369 e. The lowest BCUT2D eigenvalue weighted by atomic mass is 9.89. The van der Waals surface area contributed by atoms with Gasteiger partial charge in [0.1, 0.15) is 5.82 Å². The lowest BCUT2D eigenvalue weighted by molar-refractivity contribution is -0.125. The Hall–Kier alpha value is -1.62. The average Bonchev–Trinajstić information content (AvgIpc) is 3.18. The Morgan fingerprint density at radius 2 is 2.29 bits per heavy atom. The van der Waals surface area contributed by atoms with Crippen LogP contribution in [0.4, 0.5) is 10.1 Å². The van der Waals surface area contributed by atoms with Crippen molar-refractivity contribution in [3.8, 4) is 0 Å². The van der Waals surface area contributed by atoms with Gasteiger partial charge in [0.15, 0.2) is 0 Å². The predicted molar refractivity (Wildman–Crippen MR) is 80.4 cm³/mol. The molecule has 114 valence electrons. The van der Waals surface area contributed by atoms with E-state index in [2.05, 4.69) is 5.32 Å². The van der Waals surface area contributed by atoms with E-state index in [4.69, 9.17) is 5.73 Å². The zero-order valence-electron chi connectivity index (χ0n) is 12.4. The van der Waals surface area contributed by atoms with Crippen LogP contribution in [0.3, 0.4) is 0 Å². The molecule has 3 N–H and O–H groups in total. The number of nitrogens with one attached hydrogen (secondary N) is 1. The van der Waals surface area contributed by atoms with Crippen molar-refractivity contribution in [3.63, 3.8) is 0 Å². The number of halogens is 1. The summed E-state index contributed by atoms with van der Waals surface area (Å²) in [5.41, 5.74) is 6.41. The van der Waals surface area contributed by atoms with Gasteiger partial charge >= 0.3 is 0 Å². The summed E-state index contributed by atoms with van der Waals surface area (Å²) in [7, 11) is 0. The molecule has 2 fully saturated rings. The van der Waals surface area contributed by atoms with Crippen LogP contribution in [0.15, 0.2) is 18.2 Å². The first-order chi connectivity index (χ1) is 9.98. The molecule has 21 heavy (non-hydrogen) atoms. The molecule has 1 amide bonds. The first-order valence-electron chi connectivity index (χ1n) is 7.55. The maximum atomic E-state index is 14.3. The summed E-state index contributed by atoms with van der Waals surface area (Å²) in [6.45, 7) is 3.71. The van der Waals surface area contributed by atoms with Crippen LogP contribution in [0.1, 0.15) is 31.7 Å². The molecule has 0 spiro atoms. The van der Waals surface area contributed by atoms with E-state index in [-0.39, 0.29) is 11.7 Å². The summed E-state index contributed by atoms with van der Waals surface area (Å²) in [6.07, 6.45) is 3.12. The largest absolute Gasteiger partial charge is 0.369 e. The number of carbonyl (C=O) groups is 1. The van der Waals surface area contributed by atoms with Crippen molar-refractivity contribution in [1.82, 2.24) is 5.32 Å². The highest BCUT2D eigenvalue weighted by atomic mass is 19.1. The number of primary amides is 1. The molecule has 1 unspecified atom stereocenters. The van der Waals surface area contributed by atoms with Gasteiger partial charge < -0.3 is 16.0 Å². The lowest BCUT2D eigenvalue weighted by Crippen LogP contribution is -2.37. The van der Waals surface area contributed by atoms with Crippen LogP contribution < -0.4 is 16.0 Å². The van der Waals surface area contributed by atoms with Crippen molar-refractivity contribution in [2.24, 2.45) is 11.1 Å². The minimum absolute atomic E-state index is 0.223. The second-order valence-corrected chi connectivity index (χ2v) is 6.54.